The smallest absolute Gasteiger partial charge is 0.313 e. The molecule has 0 radical (unpaired) electrons. The fourth-order valence-electron chi connectivity index (χ4n) is 2.60. The largest absolute Gasteiger partial charge is 0.462 e. The van der Waals surface area contributed by atoms with E-state index in [2.05, 4.69) is 6.92 Å². The molecule has 2 rings (SSSR count). The van der Waals surface area contributed by atoms with Crippen molar-refractivity contribution in [1.82, 2.24) is 0 Å². The molecule has 3 heteroatoms. The zero-order valence-corrected chi connectivity index (χ0v) is 12.2. The standard InChI is InChI=1S/C16H21ClO2/c1-2-3-4-5-14-10-11-15(16(18)19-14)12-6-8-13(17)9-7-12/h6-9,14-15H,2-5,10-11H2,1H3. The van der Waals surface area contributed by atoms with Gasteiger partial charge in [-0.05, 0) is 43.4 Å². The number of ether oxygens (including phenoxy) is 1. The molecule has 2 unspecified atom stereocenters. The molecule has 2 atom stereocenters. The van der Waals surface area contributed by atoms with E-state index in [1.807, 2.05) is 24.3 Å². The lowest BCUT2D eigenvalue weighted by Crippen LogP contribution is -2.29. The van der Waals surface area contributed by atoms with E-state index >= 15 is 0 Å². The summed E-state index contributed by atoms with van der Waals surface area (Å²) in [7, 11) is 0. The van der Waals surface area contributed by atoms with E-state index in [0.29, 0.717) is 5.02 Å². The van der Waals surface area contributed by atoms with Crippen LogP contribution in [0.1, 0.15) is 56.9 Å². The Kier molecular flexibility index (Phi) is 5.26. The number of carbonyl (C=O) groups is 1. The maximum Gasteiger partial charge on any atom is 0.313 e. The van der Waals surface area contributed by atoms with Crippen LogP contribution in [0.15, 0.2) is 24.3 Å². The zero-order chi connectivity index (χ0) is 13.7. The van der Waals surface area contributed by atoms with E-state index in [-0.39, 0.29) is 18.0 Å². The van der Waals surface area contributed by atoms with E-state index in [4.69, 9.17) is 16.3 Å². The molecule has 0 aromatic heterocycles. The molecule has 1 fully saturated rings. The van der Waals surface area contributed by atoms with Crippen LogP contribution in [0.3, 0.4) is 0 Å². The summed E-state index contributed by atoms with van der Waals surface area (Å²) in [6.45, 7) is 2.18. The Labute approximate surface area is 120 Å². The highest BCUT2D eigenvalue weighted by Crippen LogP contribution is 2.31. The maximum absolute atomic E-state index is 12.1. The van der Waals surface area contributed by atoms with Gasteiger partial charge in [0.25, 0.3) is 0 Å². The Morgan fingerprint density at radius 3 is 2.58 bits per heavy atom. The van der Waals surface area contributed by atoms with Gasteiger partial charge in [-0.25, -0.2) is 0 Å². The van der Waals surface area contributed by atoms with Crippen molar-refractivity contribution in [2.75, 3.05) is 0 Å². The van der Waals surface area contributed by atoms with Crippen molar-refractivity contribution in [1.29, 1.82) is 0 Å². The second kappa shape index (κ2) is 6.95. The van der Waals surface area contributed by atoms with Gasteiger partial charge in [-0.3, -0.25) is 4.79 Å². The zero-order valence-electron chi connectivity index (χ0n) is 11.4. The van der Waals surface area contributed by atoms with Crippen LogP contribution in [0, 0.1) is 0 Å². The number of carbonyl (C=O) groups excluding carboxylic acids is 1. The third-order valence-electron chi connectivity index (χ3n) is 3.75. The van der Waals surface area contributed by atoms with Crippen LogP contribution in [0.4, 0.5) is 0 Å². The predicted octanol–water partition coefficient (Wildman–Crippen LogP) is 4.71. The van der Waals surface area contributed by atoms with Crippen molar-refractivity contribution in [3.63, 3.8) is 0 Å². The predicted molar refractivity (Wildman–Crippen MR) is 77.4 cm³/mol. The van der Waals surface area contributed by atoms with Crippen LogP contribution in [0.2, 0.25) is 5.02 Å². The van der Waals surface area contributed by atoms with Crippen LogP contribution in [0.5, 0.6) is 0 Å². The fraction of sp³-hybridized carbons (Fsp3) is 0.562. The third kappa shape index (κ3) is 3.97. The Morgan fingerprint density at radius 2 is 1.95 bits per heavy atom. The maximum atomic E-state index is 12.1. The SMILES string of the molecule is CCCCCC1CCC(c2ccc(Cl)cc2)C(=O)O1. The van der Waals surface area contributed by atoms with Gasteiger partial charge < -0.3 is 4.74 Å². The third-order valence-corrected chi connectivity index (χ3v) is 4.00. The lowest BCUT2D eigenvalue weighted by atomic mass is 9.89. The van der Waals surface area contributed by atoms with Gasteiger partial charge >= 0.3 is 5.97 Å². The number of rotatable bonds is 5. The van der Waals surface area contributed by atoms with E-state index in [0.717, 1.165) is 31.2 Å². The first-order valence-corrected chi connectivity index (χ1v) is 7.54. The van der Waals surface area contributed by atoms with Gasteiger partial charge in [0.15, 0.2) is 0 Å². The van der Waals surface area contributed by atoms with E-state index in [1.54, 1.807) is 0 Å². The molecule has 1 saturated heterocycles. The second-order valence-corrected chi connectivity index (χ2v) is 5.67. The summed E-state index contributed by atoms with van der Waals surface area (Å²) in [5.74, 6) is -0.185. The molecule has 1 heterocycles. The molecule has 1 aliphatic heterocycles. The minimum atomic E-state index is -0.111. The summed E-state index contributed by atoms with van der Waals surface area (Å²) in [4.78, 5) is 12.1. The average molecular weight is 281 g/mol. The summed E-state index contributed by atoms with van der Waals surface area (Å²) in [6, 6.07) is 7.51. The van der Waals surface area contributed by atoms with Crippen molar-refractivity contribution in [3.8, 4) is 0 Å². The molecule has 1 aliphatic rings. The Balaban J connectivity index is 1.90. The number of benzene rings is 1. The Morgan fingerprint density at radius 1 is 1.21 bits per heavy atom. The minimum Gasteiger partial charge on any atom is -0.462 e. The lowest BCUT2D eigenvalue weighted by molar-refractivity contribution is -0.156. The van der Waals surface area contributed by atoms with Crippen molar-refractivity contribution in [3.05, 3.63) is 34.9 Å². The summed E-state index contributed by atoms with van der Waals surface area (Å²) >= 11 is 5.86. The average Bonchev–Trinajstić information content (AvgIpc) is 2.41. The molecule has 1 aromatic rings. The van der Waals surface area contributed by atoms with Gasteiger partial charge in [0.05, 0.1) is 5.92 Å². The van der Waals surface area contributed by atoms with E-state index < -0.39 is 0 Å². The van der Waals surface area contributed by atoms with Crippen LogP contribution >= 0.6 is 11.6 Å². The Bertz CT molecular complexity index is 413. The van der Waals surface area contributed by atoms with Gasteiger partial charge in [0, 0.05) is 5.02 Å². The molecule has 0 saturated carbocycles. The molecular weight excluding hydrogens is 260 g/mol. The van der Waals surface area contributed by atoms with Crippen LogP contribution < -0.4 is 0 Å². The first-order chi connectivity index (χ1) is 9.20. The van der Waals surface area contributed by atoms with Crippen LogP contribution in [0.25, 0.3) is 0 Å². The van der Waals surface area contributed by atoms with Crippen LogP contribution in [-0.2, 0) is 9.53 Å². The molecule has 0 spiro atoms. The summed E-state index contributed by atoms with van der Waals surface area (Å²) < 4.78 is 5.56. The van der Waals surface area contributed by atoms with Gasteiger partial charge in [0.1, 0.15) is 6.10 Å². The molecule has 1 aromatic carbocycles. The van der Waals surface area contributed by atoms with E-state index in [9.17, 15) is 4.79 Å². The first kappa shape index (κ1) is 14.4. The molecule has 0 amide bonds. The van der Waals surface area contributed by atoms with E-state index in [1.165, 1.54) is 12.8 Å². The number of hydrogen-bond acceptors (Lipinski definition) is 2. The van der Waals surface area contributed by atoms with Crippen molar-refractivity contribution in [2.24, 2.45) is 0 Å². The summed E-state index contributed by atoms with van der Waals surface area (Å²) in [5.41, 5.74) is 1.02. The Hall–Kier alpha value is -1.02. The van der Waals surface area contributed by atoms with Gasteiger partial charge in [-0.15, -0.1) is 0 Å². The number of cyclic esters (lactones) is 1. The monoisotopic (exact) mass is 280 g/mol. The topological polar surface area (TPSA) is 26.3 Å². The molecular formula is C16H21ClO2. The molecule has 2 nitrogen and oxygen atoms in total. The van der Waals surface area contributed by atoms with Crippen molar-refractivity contribution >= 4 is 17.6 Å². The quantitative estimate of drug-likeness (QED) is 0.577. The molecule has 0 aliphatic carbocycles. The first-order valence-electron chi connectivity index (χ1n) is 7.16. The van der Waals surface area contributed by atoms with Gasteiger partial charge in [0.2, 0.25) is 0 Å². The fourth-order valence-corrected chi connectivity index (χ4v) is 2.72. The minimum absolute atomic E-state index is 0.0740. The highest BCUT2D eigenvalue weighted by molar-refractivity contribution is 6.30. The lowest BCUT2D eigenvalue weighted by Gasteiger charge is -2.28. The number of unbranched alkanes of at least 4 members (excludes halogenated alkanes) is 2. The molecule has 0 N–H and O–H groups in total. The molecule has 19 heavy (non-hydrogen) atoms. The van der Waals surface area contributed by atoms with Crippen molar-refractivity contribution in [2.45, 2.75) is 57.5 Å². The second-order valence-electron chi connectivity index (χ2n) is 5.24. The number of halogens is 1. The molecule has 104 valence electrons. The normalized spacial score (nSPS) is 23.2. The number of hydrogen-bond donors (Lipinski definition) is 0. The van der Waals surface area contributed by atoms with Gasteiger partial charge in [-0.1, -0.05) is 43.5 Å². The summed E-state index contributed by atoms with van der Waals surface area (Å²) in [5, 5.41) is 0.699. The van der Waals surface area contributed by atoms with Gasteiger partial charge in [-0.2, -0.15) is 0 Å². The summed E-state index contributed by atoms with van der Waals surface area (Å²) in [6.07, 6.45) is 6.57. The number of esters is 1. The highest BCUT2D eigenvalue weighted by Gasteiger charge is 2.30. The highest BCUT2D eigenvalue weighted by atomic mass is 35.5. The molecule has 0 bridgehead atoms. The van der Waals surface area contributed by atoms with Crippen molar-refractivity contribution < 1.29 is 9.53 Å². The van der Waals surface area contributed by atoms with Crippen LogP contribution in [-0.4, -0.2) is 12.1 Å².